The molecular weight excluding hydrogens is 276 g/mol. The standard InChI is InChI=1S/C17H22N4O/c1-12-5-7-14(8-6-12)20-17-19-13(2)10-16(21-17)18-11-15-4-3-9-22-15/h5-8,10,15H,3-4,9,11H2,1-2H3,(H2,18,19,20,21). The minimum absolute atomic E-state index is 0.295. The Bertz CT molecular complexity index is 621. The Morgan fingerprint density at radius 2 is 2.00 bits per heavy atom. The first-order valence-electron chi connectivity index (χ1n) is 7.74. The largest absolute Gasteiger partial charge is 0.376 e. The fraction of sp³-hybridized carbons (Fsp3) is 0.412. The fourth-order valence-electron chi connectivity index (χ4n) is 2.50. The summed E-state index contributed by atoms with van der Waals surface area (Å²) < 4.78 is 5.62. The molecule has 5 nitrogen and oxygen atoms in total. The number of rotatable bonds is 5. The van der Waals surface area contributed by atoms with E-state index < -0.39 is 0 Å². The number of nitrogens with one attached hydrogen (secondary N) is 2. The molecule has 22 heavy (non-hydrogen) atoms. The Morgan fingerprint density at radius 1 is 1.18 bits per heavy atom. The van der Waals surface area contributed by atoms with Gasteiger partial charge in [0, 0.05) is 30.6 Å². The van der Waals surface area contributed by atoms with Gasteiger partial charge in [0.25, 0.3) is 0 Å². The molecule has 0 bridgehead atoms. The zero-order valence-corrected chi connectivity index (χ0v) is 13.1. The lowest BCUT2D eigenvalue weighted by atomic mass is 10.2. The first-order chi connectivity index (χ1) is 10.7. The quantitative estimate of drug-likeness (QED) is 0.885. The summed E-state index contributed by atoms with van der Waals surface area (Å²) in [6.07, 6.45) is 2.56. The molecule has 2 heterocycles. The number of aromatic nitrogens is 2. The molecule has 1 saturated heterocycles. The van der Waals surface area contributed by atoms with E-state index in [-0.39, 0.29) is 0 Å². The second-order valence-corrected chi connectivity index (χ2v) is 5.73. The molecule has 0 saturated carbocycles. The highest BCUT2D eigenvalue weighted by molar-refractivity contribution is 5.55. The van der Waals surface area contributed by atoms with Gasteiger partial charge in [0.15, 0.2) is 0 Å². The van der Waals surface area contributed by atoms with Crippen LogP contribution in [0, 0.1) is 13.8 Å². The maximum Gasteiger partial charge on any atom is 0.229 e. The number of hydrogen-bond donors (Lipinski definition) is 2. The molecule has 1 aliphatic heterocycles. The molecule has 1 aromatic heterocycles. The second-order valence-electron chi connectivity index (χ2n) is 5.73. The smallest absolute Gasteiger partial charge is 0.229 e. The molecule has 3 rings (SSSR count). The fourth-order valence-corrected chi connectivity index (χ4v) is 2.50. The van der Waals surface area contributed by atoms with Crippen LogP contribution >= 0.6 is 0 Å². The number of anilines is 3. The van der Waals surface area contributed by atoms with Crippen LogP contribution in [-0.4, -0.2) is 29.2 Å². The minimum atomic E-state index is 0.295. The van der Waals surface area contributed by atoms with Gasteiger partial charge in [0.05, 0.1) is 6.10 Å². The third-order valence-electron chi connectivity index (χ3n) is 3.70. The highest BCUT2D eigenvalue weighted by atomic mass is 16.5. The summed E-state index contributed by atoms with van der Waals surface area (Å²) in [7, 11) is 0. The minimum Gasteiger partial charge on any atom is -0.376 e. The summed E-state index contributed by atoms with van der Waals surface area (Å²) in [6, 6.07) is 10.1. The molecule has 0 aliphatic carbocycles. The number of aryl methyl sites for hydroxylation is 2. The van der Waals surface area contributed by atoms with E-state index in [0.717, 1.165) is 43.2 Å². The van der Waals surface area contributed by atoms with E-state index >= 15 is 0 Å². The summed E-state index contributed by atoms with van der Waals surface area (Å²) in [5.41, 5.74) is 3.15. The maximum atomic E-state index is 5.62. The van der Waals surface area contributed by atoms with Crippen LogP contribution in [0.2, 0.25) is 0 Å². The Balaban J connectivity index is 1.67. The second kappa shape index (κ2) is 6.75. The summed E-state index contributed by atoms with van der Waals surface area (Å²) in [4.78, 5) is 8.96. The predicted molar refractivity (Wildman–Crippen MR) is 88.7 cm³/mol. The van der Waals surface area contributed by atoms with Gasteiger partial charge in [0.1, 0.15) is 5.82 Å². The third-order valence-corrected chi connectivity index (χ3v) is 3.70. The number of benzene rings is 1. The average molecular weight is 298 g/mol. The molecule has 2 N–H and O–H groups in total. The summed E-state index contributed by atoms with van der Waals surface area (Å²) in [6.45, 7) is 5.70. The lowest BCUT2D eigenvalue weighted by Crippen LogP contribution is -2.19. The molecular formula is C17H22N4O. The number of nitrogens with zero attached hydrogens (tertiary/aromatic N) is 2. The van der Waals surface area contributed by atoms with Crippen molar-refractivity contribution in [3.8, 4) is 0 Å². The van der Waals surface area contributed by atoms with Gasteiger partial charge in [-0.15, -0.1) is 0 Å². The van der Waals surface area contributed by atoms with Crippen molar-refractivity contribution < 1.29 is 4.74 Å². The zero-order chi connectivity index (χ0) is 15.4. The number of hydrogen-bond acceptors (Lipinski definition) is 5. The Kier molecular flexibility index (Phi) is 4.53. The number of ether oxygens (including phenoxy) is 1. The van der Waals surface area contributed by atoms with Gasteiger partial charge in [-0.1, -0.05) is 17.7 Å². The highest BCUT2D eigenvalue weighted by Crippen LogP contribution is 2.17. The van der Waals surface area contributed by atoms with Crippen molar-refractivity contribution in [1.29, 1.82) is 0 Å². The van der Waals surface area contributed by atoms with E-state index in [1.807, 2.05) is 25.1 Å². The van der Waals surface area contributed by atoms with Gasteiger partial charge in [-0.3, -0.25) is 0 Å². The summed E-state index contributed by atoms with van der Waals surface area (Å²) in [5.74, 6) is 1.44. The van der Waals surface area contributed by atoms with E-state index in [2.05, 4.69) is 39.7 Å². The predicted octanol–water partition coefficient (Wildman–Crippen LogP) is 3.43. The van der Waals surface area contributed by atoms with Crippen molar-refractivity contribution in [3.63, 3.8) is 0 Å². The van der Waals surface area contributed by atoms with Crippen molar-refractivity contribution in [2.45, 2.75) is 32.8 Å². The van der Waals surface area contributed by atoms with Crippen LogP contribution in [0.3, 0.4) is 0 Å². The normalized spacial score (nSPS) is 17.5. The Hall–Kier alpha value is -2.14. The first-order valence-corrected chi connectivity index (χ1v) is 7.74. The first kappa shape index (κ1) is 14.8. The molecule has 1 aliphatic rings. The Labute approximate surface area is 131 Å². The molecule has 1 fully saturated rings. The van der Waals surface area contributed by atoms with Crippen LogP contribution in [0.4, 0.5) is 17.5 Å². The van der Waals surface area contributed by atoms with Gasteiger partial charge in [-0.2, -0.15) is 4.98 Å². The van der Waals surface area contributed by atoms with Crippen LogP contribution < -0.4 is 10.6 Å². The van der Waals surface area contributed by atoms with E-state index in [0.29, 0.717) is 12.1 Å². The monoisotopic (exact) mass is 298 g/mol. The van der Waals surface area contributed by atoms with Gasteiger partial charge in [-0.05, 0) is 38.8 Å². The third kappa shape index (κ3) is 3.95. The molecule has 0 amide bonds. The highest BCUT2D eigenvalue weighted by Gasteiger charge is 2.15. The van der Waals surface area contributed by atoms with Gasteiger partial charge < -0.3 is 15.4 Å². The topological polar surface area (TPSA) is 59.1 Å². The summed E-state index contributed by atoms with van der Waals surface area (Å²) >= 11 is 0. The Morgan fingerprint density at radius 3 is 2.73 bits per heavy atom. The van der Waals surface area contributed by atoms with Gasteiger partial charge in [0.2, 0.25) is 5.95 Å². The van der Waals surface area contributed by atoms with Crippen molar-refractivity contribution >= 4 is 17.5 Å². The van der Waals surface area contributed by atoms with E-state index in [9.17, 15) is 0 Å². The lowest BCUT2D eigenvalue weighted by molar-refractivity contribution is 0.120. The van der Waals surface area contributed by atoms with E-state index in [1.165, 1.54) is 5.56 Å². The van der Waals surface area contributed by atoms with Crippen LogP contribution in [0.1, 0.15) is 24.1 Å². The maximum absolute atomic E-state index is 5.62. The van der Waals surface area contributed by atoms with E-state index in [1.54, 1.807) is 0 Å². The molecule has 2 aromatic rings. The van der Waals surface area contributed by atoms with Crippen LogP contribution in [0.5, 0.6) is 0 Å². The van der Waals surface area contributed by atoms with Crippen molar-refractivity contribution in [1.82, 2.24) is 9.97 Å². The van der Waals surface area contributed by atoms with Gasteiger partial charge in [-0.25, -0.2) is 4.98 Å². The van der Waals surface area contributed by atoms with Crippen molar-refractivity contribution in [3.05, 3.63) is 41.6 Å². The van der Waals surface area contributed by atoms with Gasteiger partial charge >= 0.3 is 0 Å². The van der Waals surface area contributed by atoms with Crippen molar-refractivity contribution in [2.24, 2.45) is 0 Å². The molecule has 1 aromatic carbocycles. The molecule has 0 radical (unpaired) electrons. The average Bonchev–Trinajstić information content (AvgIpc) is 3.00. The SMILES string of the molecule is Cc1ccc(Nc2nc(C)cc(NCC3CCCO3)n2)cc1. The lowest BCUT2D eigenvalue weighted by Gasteiger charge is -2.13. The van der Waals surface area contributed by atoms with Crippen LogP contribution in [0.25, 0.3) is 0 Å². The van der Waals surface area contributed by atoms with Crippen LogP contribution in [0.15, 0.2) is 30.3 Å². The molecule has 116 valence electrons. The zero-order valence-electron chi connectivity index (χ0n) is 13.1. The molecule has 5 heteroatoms. The molecule has 0 spiro atoms. The van der Waals surface area contributed by atoms with Crippen molar-refractivity contribution in [2.75, 3.05) is 23.8 Å². The van der Waals surface area contributed by atoms with E-state index in [4.69, 9.17) is 4.74 Å². The molecule has 1 atom stereocenters. The summed E-state index contributed by atoms with van der Waals surface area (Å²) in [5, 5.41) is 6.59. The van der Waals surface area contributed by atoms with Crippen LogP contribution in [-0.2, 0) is 4.74 Å². The molecule has 1 unspecified atom stereocenters.